The Morgan fingerprint density at radius 1 is 1.50 bits per heavy atom. The van der Waals surface area contributed by atoms with Crippen molar-refractivity contribution in [1.82, 2.24) is 0 Å². The van der Waals surface area contributed by atoms with Crippen LogP contribution in [0.3, 0.4) is 0 Å². The van der Waals surface area contributed by atoms with Crippen molar-refractivity contribution in [1.29, 1.82) is 0 Å². The fourth-order valence-corrected chi connectivity index (χ4v) is 2.30. The second-order valence-corrected chi connectivity index (χ2v) is 3.64. The average Bonchev–Trinajstić information content (AvgIpc) is 2.64. The first kappa shape index (κ1) is 7.84. The van der Waals surface area contributed by atoms with Gasteiger partial charge in [0.2, 0.25) is 0 Å². The van der Waals surface area contributed by atoms with E-state index in [1.807, 2.05) is 6.92 Å². The highest BCUT2D eigenvalue weighted by molar-refractivity contribution is 5.74. The number of ether oxygens (including phenoxy) is 1. The lowest BCUT2D eigenvalue weighted by molar-refractivity contribution is -0.148. The number of rotatable bonds is 2. The summed E-state index contributed by atoms with van der Waals surface area (Å²) in [6.07, 6.45) is 6.60. The van der Waals surface area contributed by atoms with Gasteiger partial charge in [-0.15, -0.1) is 0 Å². The highest BCUT2D eigenvalue weighted by atomic mass is 16.5. The van der Waals surface area contributed by atoms with Crippen molar-refractivity contribution in [2.45, 2.75) is 19.8 Å². The van der Waals surface area contributed by atoms with E-state index < -0.39 is 0 Å². The molecule has 1 fully saturated rings. The first-order valence-electron chi connectivity index (χ1n) is 4.66. The van der Waals surface area contributed by atoms with Crippen molar-refractivity contribution in [3.8, 4) is 0 Å². The van der Waals surface area contributed by atoms with Crippen LogP contribution in [0.15, 0.2) is 12.2 Å². The molecule has 2 bridgehead atoms. The van der Waals surface area contributed by atoms with Crippen molar-refractivity contribution >= 4 is 5.97 Å². The van der Waals surface area contributed by atoms with Crippen LogP contribution < -0.4 is 0 Å². The highest BCUT2D eigenvalue weighted by Crippen LogP contribution is 2.43. The van der Waals surface area contributed by atoms with Gasteiger partial charge >= 0.3 is 5.97 Å². The molecule has 0 aromatic rings. The zero-order valence-corrected chi connectivity index (χ0v) is 7.32. The standard InChI is InChI=1S/C10H14O2/c1-2-12-10(11)9-6-7-3-4-8(9)5-7/h3-4,7-9H,2,5-6H2,1H3/t7-,8+,9+/m0/s1. The Bertz CT molecular complexity index is 220. The molecule has 0 spiro atoms. The van der Waals surface area contributed by atoms with Gasteiger partial charge in [-0.05, 0) is 31.6 Å². The van der Waals surface area contributed by atoms with Gasteiger partial charge in [0.1, 0.15) is 0 Å². The van der Waals surface area contributed by atoms with Gasteiger partial charge in [0.05, 0.1) is 12.5 Å². The van der Waals surface area contributed by atoms with E-state index >= 15 is 0 Å². The minimum absolute atomic E-state index is 0.00866. The monoisotopic (exact) mass is 166 g/mol. The lowest BCUT2D eigenvalue weighted by Crippen LogP contribution is -2.21. The van der Waals surface area contributed by atoms with E-state index in [1.54, 1.807) is 0 Å². The molecular formula is C10H14O2. The SMILES string of the molecule is CCOC(=O)[C@@H]1C[C@H]2C=C[C@@H]1C2. The van der Waals surface area contributed by atoms with E-state index in [-0.39, 0.29) is 11.9 Å². The van der Waals surface area contributed by atoms with Crippen LogP contribution >= 0.6 is 0 Å². The first-order chi connectivity index (χ1) is 5.81. The minimum Gasteiger partial charge on any atom is -0.466 e. The van der Waals surface area contributed by atoms with Gasteiger partial charge in [0.15, 0.2) is 0 Å². The summed E-state index contributed by atoms with van der Waals surface area (Å²) in [6, 6.07) is 0. The van der Waals surface area contributed by atoms with Gasteiger partial charge in [-0.25, -0.2) is 0 Å². The van der Waals surface area contributed by atoms with Crippen molar-refractivity contribution in [2.24, 2.45) is 17.8 Å². The maximum absolute atomic E-state index is 11.4. The molecule has 0 heterocycles. The van der Waals surface area contributed by atoms with E-state index in [4.69, 9.17) is 4.74 Å². The fraction of sp³-hybridized carbons (Fsp3) is 0.700. The van der Waals surface area contributed by atoms with Crippen molar-refractivity contribution in [3.63, 3.8) is 0 Å². The number of carbonyl (C=O) groups excluding carboxylic acids is 1. The molecule has 0 saturated heterocycles. The number of carbonyl (C=O) groups is 1. The third kappa shape index (κ3) is 1.15. The lowest BCUT2D eigenvalue weighted by Gasteiger charge is -2.15. The van der Waals surface area contributed by atoms with Crippen LogP contribution in [0.4, 0.5) is 0 Å². The quantitative estimate of drug-likeness (QED) is 0.461. The molecule has 2 nitrogen and oxygen atoms in total. The summed E-state index contributed by atoms with van der Waals surface area (Å²) in [7, 11) is 0. The molecule has 2 aliphatic carbocycles. The van der Waals surface area contributed by atoms with Gasteiger partial charge in [0, 0.05) is 0 Å². The molecule has 1 saturated carbocycles. The van der Waals surface area contributed by atoms with Crippen LogP contribution in [0.5, 0.6) is 0 Å². The van der Waals surface area contributed by atoms with E-state index in [0.29, 0.717) is 18.4 Å². The van der Waals surface area contributed by atoms with Crippen molar-refractivity contribution < 1.29 is 9.53 Å². The Morgan fingerprint density at radius 3 is 2.83 bits per heavy atom. The Labute approximate surface area is 72.6 Å². The van der Waals surface area contributed by atoms with Crippen LogP contribution in [0, 0.1) is 17.8 Å². The van der Waals surface area contributed by atoms with Crippen molar-refractivity contribution in [2.75, 3.05) is 6.61 Å². The van der Waals surface area contributed by atoms with Gasteiger partial charge in [-0.1, -0.05) is 12.2 Å². The van der Waals surface area contributed by atoms with Gasteiger partial charge < -0.3 is 4.74 Å². The summed E-state index contributed by atoms with van der Waals surface area (Å²) in [4.78, 5) is 11.4. The van der Waals surface area contributed by atoms with Crippen LogP contribution in [0.2, 0.25) is 0 Å². The number of allylic oxidation sites excluding steroid dienone is 2. The Hall–Kier alpha value is -0.790. The number of fused-ring (bicyclic) bond motifs is 2. The third-order valence-corrected chi connectivity index (χ3v) is 2.87. The van der Waals surface area contributed by atoms with E-state index in [9.17, 15) is 4.79 Å². The predicted octanol–water partition coefficient (Wildman–Crippen LogP) is 1.76. The van der Waals surface area contributed by atoms with E-state index in [2.05, 4.69) is 12.2 Å². The number of hydrogen-bond donors (Lipinski definition) is 0. The van der Waals surface area contributed by atoms with E-state index in [1.165, 1.54) is 6.42 Å². The molecule has 0 amide bonds. The minimum atomic E-state index is 0.00866. The summed E-state index contributed by atoms with van der Waals surface area (Å²) >= 11 is 0. The van der Waals surface area contributed by atoms with Crippen LogP contribution in [0.1, 0.15) is 19.8 Å². The van der Waals surface area contributed by atoms with E-state index in [0.717, 1.165) is 6.42 Å². The molecular weight excluding hydrogens is 152 g/mol. The molecule has 0 aliphatic heterocycles. The Kier molecular flexibility index (Phi) is 1.91. The molecule has 2 rings (SSSR count). The zero-order valence-electron chi connectivity index (χ0n) is 7.32. The van der Waals surface area contributed by atoms with Crippen LogP contribution in [-0.4, -0.2) is 12.6 Å². The van der Waals surface area contributed by atoms with Gasteiger partial charge in [-0.3, -0.25) is 4.79 Å². The number of hydrogen-bond acceptors (Lipinski definition) is 2. The molecule has 2 heteroatoms. The molecule has 3 atom stereocenters. The van der Waals surface area contributed by atoms with Crippen molar-refractivity contribution in [3.05, 3.63) is 12.2 Å². The molecule has 0 unspecified atom stereocenters. The summed E-state index contributed by atoms with van der Waals surface area (Å²) in [5.74, 6) is 1.31. The lowest BCUT2D eigenvalue weighted by atomic mass is 9.94. The fourth-order valence-electron chi connectivity index (χ4n) is 2.30. The van der Waals surface area contributed by atoms with Gasteiger partial charge in [-0.2, -0.15) is 0 Å². The first-order valence-corrected chi connectivity index (χ1v) is 4.66. The maximum atomic E-state index is 11.4. The predicted molar refractivity (Wildman–Crippen MR) is 45.5 cm³/mol. The van der Waals surface area contributed by atoms with Crippen LogP contribution in [-0.2, 0) is 9.53 Å². The third-order valence-electron chi connectivity index (χ3n) is 2.87. The molecule has 0 N–H and O–H groups in total. The van der Waals surface area contributed by atoms with Crippen LogP contribution in [0.25, 0.3) is 0 Å². The normalized spacial score (nSPS) is 37.2. The largest absolute Gasteiger partial charge is 0.466 e. The summed E-state index contributed by atoms with van der Waals surface area (Å²) in [5, 5.41) is 0. The smallest absolute Gasteiger partial charge is 0.309 e. The number of esters is 1. The van der Waals surface area contributed by atoms with Gasteiger partial charge in [0.25, 0.3) is 0 Å². The summed E-state index contributed by atoms with van der Waals surface area (Å²) in [6.45, 7) is 2.37. The molecule has 2 aliphatic rings. The summed E-state index contributed by atoms with van der Waals surface area (Å²) < 4.78 is 5.01. The second kappa shape index (κ2) is 2.92. The Balaban J connectivity index is 1.98. The Morgan fingerprint density at radius 2 is 2.33 bits per heavy atom. The summed E-state index contributed by atoms with van der Waals surface area (Å²) in [5.41, 5.74) is 0. The molecule has 0 radical (unpaired) electrons. The molecule has 12 heavy (non-hydrogen) atoms. The topological polar surface area (TPSA) is 26.3 Å². The average molecular weight is 166 g/mol. The molecule has 0 aromatic heterocycles. The zero-order chi connectivity index (χ0) is 8.55. The maximum Gasteiger partial charge on any atom is 0.309 e. The molecule has 66 valence electrons. The highest BCUT2D eigenvalue weighted by Gasteiger charge is 2.40. The molecule has 0 aromatic carbocycles. The second-order valence-electron chi connectivity index (χ2n) is 3.64.